The van der Waals surface area contributed by atoms with Gasteiger partial charge in [-0.3, -0.25) is 0 Å². The van der Waals surface area contributed by atoms with Gasteiger partial charge in [-0.15, -0.1) is 11.5 Å². The summed E-state index contributed by atoms with van der Waals surface area (Å²) in [6.45, 7) is 8.71. The third kappa shape index (κ3) is 11.1. The molecule has 0 heterocycles. The van der Waals surface area contributed by atoms with Crippen molar-refractivity contribution in [3.63, 3.8) is 0 Å². The zero-order chi connectivity index (χ0) is 17.8. The van der Waals surface area contributed by atoms with Crippen LogP contribution in [0.3, 0.4) is 0 Å². The first-order valence-electron chi connectivity index (χ1n) is 7.99. The van der Waals surface area contributed by atoms with Crippen molar-refractivity contribution < 1.29 is 24.4 Å². The Kier molecular flexibility index (Phi) is 10.8. The van der Waals surface area contributed by atoms with Crippen LogP contribution in [0.1, 0.15) is 39.0 Å². The average molecular weight is 343 g/mol. The van der Waals surface area contributed by atoms with Gasteiger partial charge < -0.3 is 9.47 Å². The summed E-state index contributed by atoms with van der Waals surface area (Å²) in [5.41, 5.74) is 3.30. The molecular formula is C17H30O5Si. The maximum Gasteiger partial charge on any atom is 0.330 e. The molecule has 1 atom stereocenters. The molecule has 0 saturated heterocycles. The lowest BCUT2D eigenvalue weighted by Crippen LogP contribution is -2.33. The first-order chi connectivity index (χ1) is 10.8. The topological polar surface area (TPSA) is 65.0 Å². The largest absolute Gasteiger partial charge is 0.463 e. The van der Waals surface area contributed by atoms with Crippen LogP contribution >= 0.6 is 0 Å². The second-order valence-corrected chi connectivity index (χ2v) is 11.1. The van der Waals surface area contributed by atoms with Gasteiger partial charge in [-0.2, -0.15) is 0 Å². The lowest BCUT2D eigenvalue weighted by molar-refractivity contribution is -0.402. The van der Waals surface area contributed by atoms with E-state index in [1.54, 1.807) is 13.0 Å². The predicted molar refractivity (Wildman–Crippen MR) is 93.4 cm³/mol. The van der Waals surface area contributed by atoms with E-state index in [1.807, 2.05) is 0 Å². The molecule has 0 saturated carbocycles. The highest BCUT2D eigenvalue weighted by Gasteiger charge is 2.30. The van der Waals surface area contributed by atoms with Crippen molar-refractivity contribution >= 4 is 14.0 Å². The van der Waals surface area contributed by atoms with E-state index in [2.05, 4.69) is 36.0 Å². The number of methoxy groups -OCH3 is 1. The van der Waals surface area contributed by atoms with Gasteiger partial charge in [0.25, 0.3) is 0 Å². The molecule has 0 aliphatic heterocycles. The second-order valence-electron chi connectivity index (χ2n) is 6.30. The Morgan fingerprint density at radius 3 is 2.52 bits per heavy atom. The molecule has 23 heavy (non-hydrogen) atoms. The van der Waals surface area contributed by atoms with E-state index in [-0.39, 0.29) is 5.97 Å². The van der Waals surface area contributed by atoms with E-state index in [9.17, 15) is 10.1 Å². The van der Waals surface area contributed by atoms with Crippen LogP contribution in [0.5, 0.6) is 0 Å². The van der Waals surface area contributed by atoms with Gasteiger partial charge in [0, 0.05) is 32.4 Å². The summed E-state index contributed by atoms with van der Waals surface area (Å²) in [4.78, 5) is 15.8. The summed E-state index contributed by atoms with van der Waals surface area (Å²) in [7, 11) is 0.160. The minimum atomic E-state index is -1.34. The first kappa shape index (κ1) is 21.9. The normalized spacial score (nSPS) is 14.2. The smallest absolute Gasteiger partial charge is 0.330 e. The van der Waals surface area contributed by atoms with E-state index >= 15 is 0 Å². The second kappa shape index (κ2) is 11.4. The van der Waals surface area contributed by atoms with Gasteiger partial charge in [-0.1, -0.05) is 25.7 Å². The van der Waals surface area contributed by atoms with Crippen molar-refractivity contribution in [2.75, 3.05) is 13.7 Å². The fraction of sp³-hybridized carbons (Fsp3) is 0.706. The summed E-state index contributed by atoms with van der Waals surface area (Å²) in [5, 5.41) is 9.19. The summed E-state index contributed by atoms with van der Waals surface area (Å²) < 4.78 is 10.1. The molecule has 132 valence electrons. The van der Waals surface area contributed by atoms with E-state index in [1.165, 1.54) is 13.2 Å². The molecule has 0 radical (unpaired) electrons. The Bertz CT molecular complexity index is 424. The highest BCUT2D eigenvalue weighted by molar-refractivity contribution is 6.83. The average Bonchev–Trinajstić information content (AvgIpc) is 2.48. The molecule has 0 aromatic rings. The van der Waals surface area contributed by atoms with Gasteiger partial charge >= 0.3 is 5.97 Å². The van der Waals surface area contributed by atoms with Gasteiger partial charge in [0.05, 0.1) is 6.61 Å². The number of hydrogen-bond acceptors (Lipinski definition) is 5. The summed E-state index contributed by atoms with van der Waals surface area (Å²) in [5.74, 6) is 1.76. The van der Waals surface area contributed by atoms with E-state index < -0.39 is 13.9 Å². The highest BCUT2D eigenvalue weighted by atomic mass is 28.3. The lowest BCUT2D eigenvalue weighted by atomic mass is 10.0. The first-order valence-corrected chi connectivity index (χ1v) is 11.5. The van der Waals surface area contributed by atoms with E-state index in [0.29, 0.717) is 25.9 Å². The van der Waals surface area contributed by atoms with Crippen LogP contribution in [0.15, 0.2) is 12.2 Å². The number of carbonyl (C=O) groups excluding carboxylic acids is 1. The van der Waals surface area contributed by atoms with Crippen molar-refractivity contribution in [2.45, 2.75) is 64.5 Å². The van der Waals surface area contributed by atoms with Crippen LogP contribution in [0.25, 0.3) is 0 Å². The Balaban J connectivity index is 4.34. The van der Waals surface area contributed by atoms with Crippen LogP contribution in [0, 0.1) is 11.5 Å². The molecule has 0 amide bonds. The number of carbonyl (C=O) groups is 1. The molecule has 0 aromatic heterocycles. The number of rotatable bonds is 10. The van der Waals surface area contributed by atoms with Crippen LogP contribution < -0.4 is 0 Å². The van der Waals surface area contributed by atoms with Gasteiger partial charge in [0.15, 0.2) is 0 Å². The molecule has 0 aliphatic carbocycles. The van der Waals surface area contributed by atoms with Crippen molar-refractivity contribution in [1.29, 1.82) is 0 Å². The van der Waals surface area contributed by atoms with Crippen LogP contribution in [-0.2, 0) is 19.2 Å². The molecule has 0 spiro atoms. The number of ether oxygens (including phenoxy) is 2. The maximum atomic E-state index is 11.2. The van der Waals surface area contributed by atoms with Crippen LogP contribution in [-0.4, -0.2) is 38.8 Å². The maximum absolute atomic E-state index is 11.2. The Hall–Kier alpha value is -1.13. The van der Waals surface area contributed by atoms with Crippen LogP contribution in [0.2, 0.25) is 19.6 Å². The van der Waals surface area contributed by atoms with E-state index in [4.69, 9.17) is 9.47 Å². The Morgan fingerprint density at radius 2 is 2.00 bits per heavy atom. The van der Waals surface area contributed by atoms with Crippen molar-refractivity contribution in [3.8, 4) is 11.5 Å². The van der Waals surface area contributed by atoms with Crippen molar-refractivity contribution in [2.24, 2.45) is 0 Å². The van der Waals surface area contributed by atoms with Gasteiger partial charge in [0.1, 0.15) is 8.07 Å². The fourth-order valence-electron chi connectivity index (χ4n) is 1.90. The minimum Gasteiger partial charge on any atom is -0.463 e. The van der Waals surface area contributed by atoms with Gasteiger partial charge in [-0.25, -0.2) is 14.9 Å². The third-order valence-corrected chi connectivity index (χ3v) is 4.02. The standard InChI is InChI=1S/C17H30O5Si/c1-6-21-16(18)12-8-10-14-17(20-2,22-19)13-9-7-11-15-23(3,4)5/h8,12,19H,6-7,9-10,13-14H2,1-5H3/b12-8+. The minimum absolute atomic E-state index is 0.351. The predicted octanol–water partition coefficient (Wildman–Crippen LogP) is 3.77. The molecule has 0 rings (SSSR count). The van der Waals surface area contributed by atoms with E-state index in [0.717, 1.165) is 12.8 Å². The molecule has 0 fully saturated rings. The number of unbranched alkanes of at least 4 members (excludes halogenated alkanes) is 1. The molecular weight excluding hydrogens is 312 g/mol. The zero-order valence-corrected chi connectivity index (χ0v) is 16.0. The Morgan fingerprint density at radius 1 is 1.30 bits per heavy atom. The molecule has 0 aromatic carbocycles. The molecule has 5 nitrogen and oxygen atoms in total. The summed E-state index contributed by atoms with van der Waals surface area (Å²) >= 11 is 0. The van der Waals surface area contributed by atoms with Crippen LogP contribution in [0.4, 0.5) is 0 Å². The molecule has 0 bridgehead atoms. The monoisotopic (exact) mass is 342 g/mol. The number of esters is 1. The van der Waals surface area contributed by atoms with Crippen molar-refractivity contribution in [3.05, 3.63) is 12.2 Å². The summed E-state index contributed by atoms with van der Waals surface area (Å²) in [6, 6.07) is 0. The zero-order valence-electron chi connectivity index (χ0n) is 15.0. The SMILES string of the molecule is CCOC(=O)/C=C/CCC(CCCC#C[Si](C)(C)C)(OC)OO. The number of hydrogen-bond donors (Lipinski definition) is 1. The molecule has 0 aliphatic rings. The molecule has 6 heteroatoms. The third-order valence-electron chi connectivity index (χ3n) is 3.09. The van der Waals surface area contributed by atoms with Crippen molar-refractivity contribution in [1.82, 2.24) is 0 Å². The highest BCUT2D eigenvalue weighted by Crippen LogP contribution is 2.25. The fourth-order valence-corrected chi connectivity index (χ4v) is 2.56. The Labute approximate surface area is 140 Å². The van der Waals surface area contributed by atoms with Gasteiger partial charge in [0.2, 0.25) is 5.79 Å². The molecule has 1 unspecified atom stereocenters. The molecule has 1 N–H and O–H groups in total. The quantitative estimate of drug-likeness (QED) is 0.0957. The van der Waals surface area contributed by atoms with Gasteiger partial charge in [-0.05, 0) is 19.8 Å². The lowest BCUT2D eigenvalue weighted by Gasteiger charge is -2.28. The summed E-state index contributed by atoms with van der Waals surface area (Å²) in [6.07, 6.45) is 6.10. The number of allylic oxidation sites excluding steroid dienone is 1.